The molecule has 0 radical (unpaired) electrons. The summed E-state index contributed by atoms with van der Waals surface area (Å²) in [4.78, 5) is 23.4. The molecule has 0 saturated heterocycles. The Balaban J connectivity index is 0.00000127. The molecule has 1 saturated carbocycles. The number of carboxylic acids is 1. The van der Waals surface area contributed by atoms with Gasteiger partial charge in [0.05, 0.1) is 6.42 Å². The van der Waals surface area contributed by atoms with Crippen LogP contribution in [0.15, 0.2) is 18.2 Å². The quantitative estimate of drug-likeness (QED) is 0.890. The zero-order valence-corrected chi connectivity index (χ0v) is 13.5. The molecule has 0 bridgehead atoms. The maximum atomic E-state index is 13.1. The van der Waals surface area contributed by atoms with E-state index in [0.717, 1.165) is 37.5 Å². The van der Waals surface area contributed by atoms with Gasteiger partial charge in [0, 0.05) is 6.07 Å². The number of halogens is 2. The average Bonchev–Trinajstić information content (AvgIpc) is 2.48. The number of amides is 1. The van der Waals surface area contributed by atoms with E-state index in [-0.39, 0.29) is 12.0 Å². The van der Waals surface area contributed by atoms with E-state index < -0.39 is 29.0 Å². The van der Waals surface area contributed by atoms with Crippen LogP contribution < -0.4 is 5.32 Å². The van der Waals surface area contributed by atoms with Crippen molar-refractivity contribution in [2.45, 2.75) is 57.9 Å². The first-order valence-electron chi connectivity index (χ1n) is 7.91. The highest BCUT2D eigenvalue weighted by molar-refractivity contribution is 5.88. The highest BCUT2D eigenvalue weighted by atomic mass is 19.1. The molecule has 2 rings (SSSR count). The first-order valence-corrected chi connectivity index (χ1v) is 7.91. The van der Waals surface area contributed by atoms with Gasteiger partial charge in [0.1, 0.15) is 17.2 Å². The van der Waals surface area contributed by atoms with Gasteiger partial charge in [-0.15, -0.1) is 0 Å². The summed E-state index contributed by atoms with van der Waals surface area (Å²) >= 11 is 0. The van der Waals surface area contributed by atoms with Gasteiger partial charge in [0.2, 0.25) is 5.91 Å². The Bertz CT molecular complexity index is 535. The summed E-state index contributed by atoms with van der Waals surface area (Å²) in [6, 6.07) is 2.86. The minimum Gasteiger partial charge on any atom is -0.480 e. The predicted molar refractivity (Wildman–Crippen MR) is 83.0 cm³/mol. The third-order valence-corrected chi connectivity index (χ3v) is 3.78. The predicted octanol–water partition coefficient (Wildman–Crippen LogP) is 3.44. The van der Waals surface area contributed by atoms with Crippen LogP contribution in [0.4, 0.5) is 8.78 Å². The van der Waals surface area contributed by atoms with Crippen molar-refractivity contribution in [3.63, 3.8) is 0 Å². The van der Waals surface area contributed by atoms with Gasteiger partial charge in [0.15, 0.2) is 0 Å². The third-order valence-electron chi connectivity index (χ3n) is 3.78. The Hall–Kier alpha value is -1.98. The fourth-order valence-electron chi connectivity index (χ4n) is 2.76. The van der Waals surface area contributed by atoms with Crippen molar-refractivity contribution < 1.29 is 23.5 Å². The number of carbonyl (C=O) groups is 2. The molecule has 128 valence electrons. The fraction of sp³-hybridized carbons (Fsp3) is 0.529. The van der Waals surface area contributed by atoms with Crippen LogP contribution in [-0.2, 0) is 16.0 Å². The lowest BCUT2D eigenvalue weighted by Crippen LogP contribution is -2.56. The molecular formula is C17H23F2NO3. The standard InChI is InChI=1S/C15H17F2NO3.C2H6/c16-11-6-10(7-12(17)9-11)8-13(19)18-15(14(20)21)4-2-1-3-5-15;1-2/h6-7,9H,1-5,8H2,(H,18,19)(H,20,21);1-2H3. The zero-order chi connectivity index (χ0) is 17.5. The van der Waals surface area contributed by atoms with Crippen LogP contribution in [0.1, 0.15) is 51.5 Å². The molecular weight excluding hydrogens is 304 g/mol. The van der Waals surface area contributed by atoms with Crippen LogP contribution in [0.2, 0.25) is 0 Å². The summed E-state index contributed by atoms with van der Waals surface area (Å²) < 4.78 is 26.1. The maximum absolute atomic E-state index is 13.1. The van der Waals surface area contributed by atoms with E-state index in [1.165, 1.54) is 0 Å². The molecule has 0 spiro atoms. The molecule has 23 heavy (non-hydrogen) atoms. The number of carboxylic acid groups (broad SMARTS) is 1. The van der Waals surface area contributed by atoms with E-state index in [0.29, 0.717) is 12.8 Å². The van der Waals surface area contributed by atoms with Gasteiger partial charge in [-0.25, -0.2) is 13.6 Å². The fourth-order valence-corrected chi connectivity index (χ4v) is 2.76. The van der Waals surface area contributed by atoms with Crippen molar-refractivity contribution in [2.75, 3.05) is 0 Å². The minimum absolute atomic E-state index is 0.182. The molecule has 1 aromatic carbocycles. The van der Waals surface area contributed by atoms with Gasteiger partial charge in [-0.2, -0.15) is 0 Å². The summed E-state index contributed by atoms with van der Waals surface area (Å²) in [5.41, 5.74) is -1.07. The van der Waals surface area contributed by atoms with Crippen molar-refractivity contribution in [1.82, 2.24) is 5.32 Å². The lowest BCUT2D eigenvalue weighted by atomic mass is 9.81. The van der Waals surface area contributed by atoms with Crippen molar-refractivity contribution in [1.29, 1.82) is 0 Å². The Morgan fingerprint density at radius 1 is 1.09 bits per heavy atom. The van der Waals surface area contributed by atoms with Crippen molar-refractivity contribution in [3.8, 4) is 0 Å². The highest BCUT2D eigenvalue weighted by Gasteiger charge is 2.40. The van der Waals surface area contributed by atoms with Gasteiger partial charge in [0.25, 0.3) is 0 Å². The number of benzene rings is 1. The molecule has 0 aliphatic heterocycles. The molecule has 1 aromatic rings. The molecule has 1 amide bonds. The lowest BCUT2D eigenvalue weighted by Gasteiger charge is -2.34. The van der Waals surface area contributed by atoms with Crippen LogP contribution in [0.3, 0.4) is 0 Å². The molecule has 0 atom stereocenters. The number of hydrogen-bond donors (Lipinski definition) is 2. The summed E-state index contributed by atoms with van der Waals surface area (Å²) in [5, 5.41) is 11.9. The number of nitrogens with one attached hydrogen (secondary N) is 1. The number of aliphatic carboxylic acids is 1. The molecule has 4 nitrogen and oxygen atoms in total. The van der Waals surface area contributed by atoms with Crippen molar-refractivity contribution in [2.24, 2.45) is 0 Å². The summed E-state index contributed by atoms with van der Waals surface area (Å²) in [7, 11) is 0. The first-order chi connectivity index (χ1) is 10.9. The minimum atomic E-state index is -1.25. The molecule has 0 aromatic heterocycles. The van der Waals surface area contributed by atoms with Gasteiger partial charge in [-0.1, -0.05) is 33.1 Å². The van der Waals surface area contributed by atoms with E-state index in [4.69, 9.17) is 0 Å². The SMILES string of the molecule is CC.O=C(Cc1cc(F)cc(F)c1)NC1(C(=O)O)CCCCC1. The third kappa shape index (κ3) is 5.30. The van der Waals surface area contributed by atoms with Gasteiger partial charge < -0.3 is 10.4 Å². The van der Waals surface area contributed by atoms with E-state index in [1.54, 1.807) is 0 Å². The molecule has 1 fully saturated rings. The Labute approximate surface area is 134 Å². The van der Waals surface area contributed by atoms with Gasteiger partial charge in [-0.3, -0.25) is 4.79 Å². The molecule has 1 aliphatic rings. The zero-order valence-electron chi connectivity index (χ0n) is 13.5. The summed E-state index contributed by atoms with van der Waals surface area (Å²) in [6.45, 7) is 4.00. The number of carbonyl (C=O) groups excluding carboxylic acids is 1. The van der Waals surface area contributed by atoms with Crippen LogP contribution in [0, 0.1) is 11.6 Å². The lowest BCUT2D eigenvalue weighted by molar-refractivity contribution is -0.149. The highest BCUT2D eigenvalue weighted by Crippen LogP contribution is 2.28. The summed E-state index contributed by atoms with van der Waals surface area (Å²) in [5.74, 6) is -3.11. The Kier molecular flexibility index (Phi) is 7.13. The Morgan fingerprint density at radius 3 is 2.09 bits per heavy atom. The van der Waals surface area contributed by atoms with E-state index in [1.807, 2.05) is 13.8 Å². The monoisotopic (exact) mass is 327 g/mol. The molecule has 6 heteroatoms. The second kappa shape index (κ2) is 8.60. The largest absolute Gasteiger partial charge is 0.480 e. The van der Waals surface area contributed by atoms with E-state index in [9.17, 15) is 23.5 Å². The number of rotatable bonds is 4. The van der Waals surface area contributed by atoms with Crippen molar-refractivity contribution >= 4 is 11.9 Å². The first kappa shape index (κ1) is 19.1. The maximum Gasteiger partial charge on any atom is 0.329 e. The van der Waals surface area contributed by atoms with Gasteiger partial charge >= 0.3 is 5.97 Å². The molecule has 1 aliphatic carbocycles. The molecule has 2 N–H and O–H groups in total. The van der Waals surface area contributed by atoms with Crippen LogP contribution in [-0.4, -0.2) is 22.5 Å². The summed E-state index contributed by atoms with van der Waals surface area (Å²) in [6.07, 6.45) is 2.93. The smallest absolute Gasteiger partial charge is 0.329 e. The van der Waals surface area contributed by atoms with Crippen LogP contribution in [0.5, 0.6) is 0 Å². The van der Waals surface area contributed by atoms with Crippen LogP contribution >= 0.6 is 0 Å². The van der Waals surface area contributed by atoms with E-state index in [2.05, 4.69) is 5.32 Å². The molecule has 0 unspecified atom stereocenters. The van der Waals surface area contributed by atoms with Gasteiger partial charge in [-0.05, 0) is 30.5 Å². The van der Waals surface area contributed by atoms with Crippen LogP contribution in [0.25, 0.3) is 0 Å². The average molecular weight is 327 g/mol. The normalized spacial score (nSPS) is 16.0. The van der Waals surface area contributed by atoms with Crippen molar-refractivity contribution in [3.05, 3.63) is 35.4 Å². The second-order valence-corrected chi connectivity index (χ2v) is 5.45. The topological polar surface area (TPSA) is 66.4 Å². The van der Waals surface area contributed by atoms with E-state index >= 15 is 0 Å². The Morgan fingerprint density at radius 2 is 1.61 bits per heavy atom. The number of hydrogen-bond acceptors (Lipinski definition) is 2. The molecule has 0 heterocycles. The second-order valence-electron chi connectivity index (χ2n) is 5.45.